The van der Waals surface area contributed by atoms with E-state index in [9.17, 15) is 21.2 Å². The predicted octanol–water partition coefficient (Wildman–Crippen LogP) is 3.88. The van der Waals surface area contributed by atoms with Gasteiger partial charge in [0.25, 0.3) is 0 Å². The summed E-state index contributed by atoms with van der Waals surface area (Å²) in [7, 11) is -5.79. The molecule has 0 aromatic heterocycles. The van der Waals surface area contributed by atoms with Crippen molar-refractivity contribution in [1.82, 2.24) is 0 Å². The summed E-state index contributed by atoms with van der Waals surface area (Å²) in [5.41, 5.74) is 2.09. The van der Waals surface area contributed by atoms with E-state index >= 15 is 0 Å². The van der Waals surface area contributed by atoms with Gasteiger partial charge in [-0.3, -0.25) is 4.31 Å². The van der Waals surface area contributed by atoms with Crippen LogP contribution in [-0.2, 0) is 32.0 Å². The molecule has 0 fully saturated rings. The molecule has 0 N–H and O–H groups in total. The highest BCUT2D eigenvalue weighted by Crippen LogP contribution is 2.34. The smallest absolute Gasteiger partial charge is 0.232 e. The molecule has 8 heteroatoms. The first kappa shape index (κ1) is 22.4. The Morgan fingerprint density at radius 3 is 2.21 bits per heavy atom. The number of hydrogen-bond acceptors (Lipinski definition) is 4. The number of hydrogen-bond donors (Lipinski definition) is 0. The van der Waals surface area contributed by atoms with Gasteiger partial charge in [-0.05, 0) is 53.3 Å². The van der Waals surface area contributed by atoms with Crippen LogP contribution in [0.5, 0.6) is 0 Å². The fourth-order valence-electron chi connectivity index (χ4n) is 3.26. The number of anilines is 1. The van der Waals surface area contributed by atoms with Crippen LogP contribution >= 0.6 is 0 Å². The maximum absolute atomic E-state index is 13.5. The lowest BCUT2D eigenvalue weighted by Gasteiger charge is -2.24. The van der Waals surface area contributed by atoms with Gasteiger partial charge < -0.3 is 0 Å². The van der Waals surface area contributed by atoms with Crippen molar-refractivity contribution in [1.29, 1.82) is 0 Å². The second kappa shape index (κ2) is 8.21. The van der Waals surface area contributed by atoms with Gasteiger partial charge in [0, 0.05) is 7.05 Å². The van der Waals surface area contributed by atoms with Gasteiger partial charge in [0.05, 0.1) is 22.6 Å². The molecule has 0 saturated carbocycles. The molecule has 0 aliphatic rings. The van der Waals surface area contributed by atoms with E-state index in [-0.39, 0.29) is 16.6 Å². The standard InChI is InChI=1S/C20H26FNO4S2/c1-6-15-12-17(21)10-11-19(15)28(25,26)13-16-8-7-9-18(20(16)14(2)3)22(4)27(5,23)24/h7-12,14H,6,13H2,1-5H3. The van der Waals surface area contributed by atoms with Crippen LogP contribution in [0.25, 0.3) is 0 Å². The highest BCUT2D eigenvalue weighted by atomic mass is 32.2. The summed E-state index contributed by atoms with van der Waals surface area (Å²) >= 11 is 0. The third-order valence-electron chi connectivity index (χ3n) is 4.67. The molecule has 0 unspecified atom stereocenters. The summed E-state index contributed by atoms with van der Waals surface area (Å²) in [5, 5.41) is 0. The van der Waals surface area contributed by atoms with E-state index in [4.69, 9.17) is 0 Å². The van der Waals surface area contributed by atoms with Gasteiger partial charge in [0.1, 0.15) is 5.82 Å². The highest BCUT2D eigenvalue weighted by Gasteiger charge is 2.25. The number of sulfonamides is 1. The summed E-state index contributed by atoms with van der Waals surface area (Å²) in [5.74, 6) is -0.857. The Hall–Kier alpha value is -1.93. The molecule has 0 aliphatic heterocycles. The molecule has 154 valence electrons. The third kappa shape index (κ3) is 4.72. The molecule has 5 nitrogen and oxygen atoms in total. The van der Waals surface area contributed by atoms with Gasteiger partial charge in [-0.2, -0.15) is 0 Å². The molecule has 0 amide bonds. The van der Waals surface area contributed by atoms with Gasteiger partial charge in [0.2, 0.25) is 10.0 Å². The Balaban J connectivity index is 2.61. The normalized spacial score (nSPS) is 12.4. The fraction of sp³-hybridized carbons (Fsp3) is 0.400. The fourth-order valence-corrected chi connectivity index (χ4v) is 5.47. The summed E-state index contributed by atoms with van der Waals surface area (Å²) < 4.78 is 64.9. The van der Waals surface area contributed by atoms with Gasteiger partial charge in [0.15, 0.2) is 9.84 Å². The van der Waals surface area contributed by atoms with Gasteiger partial charge in [-0.25, -0.2) is 21.2 Å². The minimum atomic E-state index is -3.74. The average molecular weight is 428 g/mol. The molecule has 0 bridgehead atoms. The van der Waals surface area contributed by atoms with Crippen LogP contribution in [0.15, 0.2) is 41.3 Å². The zero-order chi connectivity index (χ0) is 21.3. The lowest BCUT2D eigenvalue weighted by atomic mass is 9.96. The summed E-state index contributed by atoms with van der Waals surface area (Å²) in [6, 6.07) is 8.70. The van der Waals surface area contributed by atoms with Crippen molar-refractivity contribution < 1.29 is 21.2 Å². The van der Waals surface area contributed by atoms with Crippen LogP contribution < -0.4 is 4.31 Å². The van der Waals surface area contributed by atoms with E-state index in [2.05, 4.69) is 0 Å². The highest BCUT2D eigenvalue weighted by molar-refractivity contribution is 7.92. The van der Waals surface area contributed by atoms with Crippen LogP contribution in [0.2, 0.25) is 0 Å². The molecule has 0 spiro atoms. The van der Waals surface area contributed by atoms with E-state index in [1.54, 1.807) is 25.1 Å². The Labute approximate surface area is 167 Å². The molecule has 0 atom stereocenters. The number of nitrogens with zero attached hydrogens (tertiary/aromatic N) is 1. The number of sulfone groups is 1. The molecule has 2 aromatic rings. The first-order valence-corrected chi connectivity index (χ1v) is 12.5. The van der Waals surface area contributed by atoms with E-state index in [0.717, 1.165) is 16.6 Å². The van der Waals surface area contributed by atoms with Crippen molar-refractivity contribution >= 4 is 25.5 Å². The summed E-state index contributed by atoms with van der Waals surface area (Å²) in [6.07, 6.45) is 1.49. The molecule has 0 aliphatic carbocycles. The van der Waals surface area contributed by atoms with Crippen molar-refractivity contribution in [3.05, 3.63) is 58.9 Å². The molecule has 28 heavy (non-hydrogen) atoms. The first-order chi connectivity index (χ1) is 12.9. The molecular weight excluding hydrogens is 401 g/mol. The van der Waals surface area contributed by atoms with Crippen LogP contribution in [0, 0.1) is 5.82 Å². The van der Waals surface area contributed by atoms with E-state index in [1.165, 1.54) is 19.2 Å². The lowest BCUT2D eigenvalue weighted by molar-refractivity contribution is 0.591. The van der Waals surface area contributed by atoms with Crippen molar-refractivity contribution in [3.63, 3.8) is 0 Å². The SMILES string of the molecule is CCc1cc(F)ccc1S(=O)(=O)Cc1cccc(N(C)S(C)(=O)=O)c1C(C)C. The van der Waals surface area contributed by atoms with Crippen LogP contribution in [0.1, 0.15) is 43.4 Å². The van der Waals surface area contributed by atoms with Gasteiger partial charge >= 0.3 is 0 Å². The number of halogens is 1. The topological polar surface area (TPSA) is 71.5 Å². The monoisotopic (exact) mass is 427 g/mol. The Morgan fingerprint density at radius 2 is 1.68 bits per heavy atom. The zero-order valence-electron chi connectivity index (χ0n) is 16.7. The Morgan fingerprint density at radius 1 is 1.04 bits per heavy atom. The number of aryl methyl sites for hydroxylation is 1. The Kier molecular flexibility index (Phi) is 6.55. The summed E-state index contributed by atoms with van der Waals surface area (Å²) in [6.45, 7) is 5.55. The maximum Gasteiger partial charge on any atom is 0.232 e. The second-order valence-electron chi connectivity index (χ2n) is 7.10. The molecular formula is C20H26FNO4S2. The van der Waals surface area contributed by atoms with Gasteiger partial charge in [-0.15, -0.1) is 0 Å². The zero-order valence-corrected chi connectivity index (χ0v) is 18.4. The van der Waals surface area contributed by atoms with Crippen molar-refractivity contribution in [2.24, 2.45) is 0 Å². The molecule has 2 rings (SSSR count). The molecule has 2 aromatic carbocycles. The van der Waals surface area contributed by atoms with E-state index < -0.39 is 25.7 Å². The molecule has 0 radical (unpaired) electrons. The second-order valence-corrected chi connectivity index (χ2v) is 11.1. The molecule has 0 heterocycles. The average Bonchev–Trinajstić information content (AvgIpc) is 2.59. The van der Waals surface area contributed by atoms with E-state index in [0.29, 0.717) is 28.8 Å². The largest absolute Gasteiger partial charge is 0.273 e. The third-order valence-corrected chi connectivity index (χ3v) is 7.62. The summed E-state index contributed by atoms with van der Waals surface area (Å²) in [4.78, 5) is 0.105. The van der Waals surface area contributed by atoms with Crippen molar-refractivity contribution in [3.8, 4) is 0 Å². The van der Waals surface area contributed by atoms with Crippen molar-refractivity contribution in [2.45, 2.75) is 43.8 Å². The minimum Gasteiger partial charge on any atom is -0.273 e. The maximum atomic E-state index is 13.5. The van der Waals surface area contributed by atoms with Gasteiger partial charge in [-0.1, -0.05) is 32.9 Å². The number of benzene rings is 2. The van der Waals surface area contributed by atoms with Crippen LogP contribution in [0.3, 0.4) is 0 Å². The quantitative estimate of drug-likeness (QED) is 0.629. The van der Waals surface area contributed by atoms with Crippen LogP contribution in [0.4, 0.5) is 10.1 Å². The minimum absolute atomic E-state index is 0.0931. The van der Waals surface area contributed by atoms with E-state index in [1.807, 2.05) is 13.8 Å². The van der Waals surface area contributed by atoms with Crippen molar-refractivity contribution in [2.75, 3.05) is 17.6 Å². The van der Waals surface area contributed by atoms with Crippen LogP contribution in [-0.4, -0.2) is 30.1 Å². The molecule has 0 saturated heterocycles. The predicted molar refractivity (Wildman–Crippen MR) is 110 cm³/mol. The first-order valence-electron chi connectivity index (χ1n) is 8.95. The number of rotatable bonds is 7. The lowest BCUT2D eigenvalue weighted by Crippen LogP contribution is -2.26. The Bertz CT molecular complexity index is 1080.